The summed E-state index contributed by atoms with van der Waals surface area (Å²) in [6, 6.07) is 7.74. The van der Waals surface area contributed by atoms with Gasteiger partial charge < -0.3 is 10.5 Å². The fraction of sp³-hybridized carbons (Fsp3) is 0.533. The van der Waals surface area contributed by atoms with Crippen molar-refractivity contribution in [2.24, 2.45) is 11.1 Å². The van der Waals surface area contributed by atoms with Gasteiger partial charge in [-0.1, -0.05) is 38.1 Å². The third kappa shape index (κ3) is 3.95. The third-order valence-corrected chi connectivity index (χ3v) is 3.45. The summed E-state index contributed by atoms with van der Waals surface area (Å²) in [4.78, 5) is 11.7. The minimum absolute atomic E-state index is 0. The average molecular weight is 286 g/mol. The van der Waals surface area contributed by atoms with Crippen LogP contribution in [-0.2, 0) is 9.53 Å². The lowest BCUT2D eigenvalue weighted by Crippen LogP contribution is -2.37. The monoisotopic (exact) mass is 285 g/mol. The Balaban J connectivity index is 0.00000324. The van der Waals surface area contributed by atoms with Crippen LogP contribution >= 0.6 is 12.4 Å². The Morgan fingerprint density at radius 3 is 1.95 bits per heavy atom. The third-order valence-electron chi connectivity index (χ3n) is 3.45. The van der Waals surface area contributed by atoms with Crippen LogP contribution in [0.5, 0.6) is 0 Å². The highest BCUT2D eigenvalue weighted by Crippen LogP contribution is 2.32. The lowest BCUT2D eigenvalue weighted by molar-refractivity contribution is -0.152. The van der Waals surface area contributed by atoms with E-state index in [0.717, 1.165) is 5.56 Å². The summed E-state index contributed by atoms with van der Waals surface area (Å²) in [6.07, 6.45) is 0. The van der Waals surface area contributed by atoms with Crippen molar-refractivity contribution in [3.63, 3.8) is 0 Å². The molecule has 0 radical (unpaired) electrons. The fourth-order valence-corrected chi connectivity index (χ4v) is 1.89. The van der Waals surface area contributed by atoms with E-state index in [4.69, 9.17) is 10.5 Å². The zero-order chi connectivity index (χ0) is 13.9. The minimum Gasteiger partial charge on any atom is -0.469 e. The summed E-state index contributed by atoms with van der Waals surface area (Å²) >= 11 is 0. The smallest absolute Gasteiger partial charge is 0.313 e. The number of esters is 1. The first kappa shape index (κ1) is 17.9. The molecule has 19 heavy (non-hydrogen) atoms. The molecule has 3 nitrogen and oxygen atoms in total. The van der Waals surface area contributed by atoms with Gasteiger partial charge in [-0.25, -0.2) is 0 Å². The van der Waals surface area contributed by atoms with E-state index in [0.29, 0.717) is 5.92 Å². The molecular formula is C15H24ClNO2. The number of halogens is 1. The highest BCUT2D eigenvalue weighted by atomic mass is 35.5. The van der Waals surface area contributed by atoms with Crippen molar-refractivity contribution in [2.45, 2.75) is 39.7 Å². The molecule has 108 valence electrons. The van der Waals surface area contributed by atoms with Gasteiger partial charge >= 0.3 is 5.97 Å². The van der Waals surface area contributed by atoms with Crippen molar-refractivity contribution in [1.82, 2.24) is 0 Å². The van der Waals surface area contributed by atoms with Crippen LogP contribution in [0.3, 0.4) is 0 Å². The largest absolute Gasteiger partial charge is 0.469 e. The molecule has 1 rings (SSSR count). The normalized spacial score (nSPS) is 12.8. The maximum Gasteiger partial charge on any atom is 0.313 e. The van der Waals surface area contributed by atoms with E-state index in [9.17, 15) is 4.79 Å². The van der Waals surface area contributed by atoms with Crippen molar-refractivity contribution in [2.75, 3.05) is 7.11 Å². The molecule has 0 aliphatic carbocycles. The van der Waals surface area contributed by atoms with Crippen LogP contribution < -0.4 is 5.73 Å². The van der Waals surface area contributed by atoms with E-state index < -0.39 is 5.41 Å². The van der Waals surface area contributed by atoms with Crippen molar-refractivity contribution >= 4 is 18.4 Å². The Morgan fingerprint density at radius 1 is 1.16 bits per heavy atom. The first-order chi connectivity index (χ1) is 8.30. The van der Waals surface area contributed by atoms with Crippen LogP contribution in [0.2, 0.25) is 0 Å². The van der Waals surface area contributed by atoms with Gasteiger partial charge in [0.25, 0.3) is 0 Å². The number of hydrogen-bond donors (Lipinski definition) is 1. The van der Waals surface area contributed by atoms with Gasteiger partial charge in [0.05, 0.1) is 12.5 Å². The van der Waals surface area contributed by atoms with Crippen LogP contribution in [0, 0.1) is 5.41 Å². The molecule has 1 aromatic carbocycles. The van der Waals surface area contributed by atoms with E-state index in [-0.39, 0.29) is 24.4 Å². The van der Waals surface area contributed by atoms with Crippen molar-refractivity contribution in [1.29, 1.82) is 0 Å². The van der Waals surface area contributed by atoms with Gasteiger partial charge in [-0.05, 0) is 30.9 Å². The van der Waals surface area contributed by atoms with Crippen molar-refractivity contribution in [3.8, 4) is 0 Å². The highest BCUT2D eigenvalue weighted by Gasteiger charge is 2.36. The molecule has 1 aromatic rings. The lowest BCUT2D eigenvalue weighted by Gasteiger charge is -2.29. The number of benzene rings is 1. The first-order valence-electron chi connectivity index (χ1n) is 6.24. The van der Waals surface area contributed by atoms with E-state index in [1.807, 2.05) is 12.1 Å². The number of hydrogen-bond acceptors (Lipinski definition) is 3. The van der Waals surface area contributed by atoms with Crippen LogP contribution in [0.4, 0.5) is 0 Å². The quantitative estimate of drug-likeness (QED) is 0.862. The number of carbonyl (C=O) groups excluding carboxylic acids is 1. The Bertz CT molecular complexity index is 413. The molecular weight excluding hydrogens is 262 g/mol. The van der Waals surface area contributed by atoms with Crippen LogP contribution in [0.15, 0.2) is 24.3 Å². The second kappa shape index (κ2) is 6.92. The molecule has 0 aromatic heterocycles. The zero-order valence-corrected chi connectivity index (χ0v) is 13.1. The minimum atomic E-state index is -0.728. The molecule has 0 aliphatic rings. The topological polar surface area (TPSA) is 52.3 Å². The summed E-state index contributed by atoms with van der Waals surface area (Å²) in [7, 11) is 1.39. The molecule has 4 heteroatoms. The van der Waals surface area contributed by atoms with Crippen molar-refractivity contribution < 1.29 is 9.53 Å². The van der Waals surface area contributed by atoms with Gasteiger partial charge in [0.15, 0.2) is 0 Å². The van der Waals surface area contributed by atoms with Crippen molar-refractivity contribution in [3.05, 3.63) is 35.4 Å². The molecule has 0 saturated carbocycles. The SMILES string of the molecule is COC(=O)C(C)(C)[C@H](N)c1ccc(C(C)C)cc1.Cl. The standard InChI is InChI=1S/C15H23NO2.ClH/c1-10(2)11-6-8-12(9-7-11)13(16)15(3,4)14(17)18-5;/h6-10,13H,16H2,1-5H3;1H/t13-;/m1./s1. The Kier molecular flexibility index (Phi) is 6.53. The van der Waals surface area contributed by atoms with Crippen LogP contribution in [0.1, 0.15) is 50.8 Å². The number of nitrogens with two attached hydrogens (primary N) is 1. The summed E-state index contributed by atoms with van der Waals surface area (Å²) < 4.78 is 4.80. The van der Waals surface area contributed by atoms with Crippen LogP contribution in [0.25, 0.3) is 0 Å². The van der Waals surface area contributed by atoms with Crippen LogP contribution in [-0.4, -0.2) is 13.1 Å². The summed E-state index contributed by atoms with van der Waals surface area (Å²) in [6.45, 7) is 7.90. The van der Waals surface area contributed by atoms with Gasteiger partial charge in [0.1, 0.15) is 0 Å². The maximum absolute atomic E-state index is 11.7. The van der Waals surface area contributed by atoms with E-state index in [2.05, 4.69) is 26.0 Å². The van der Waals surface area contributed by atoms with Gasteiger partial charge in [-0.2, -0.15) is 0 Å². The maximum atomic E-state index is 11.7. The van der Waals surface area contributed by atoms with E-state index in [1.54, 1.807) is 13.8 Å². The summed E-state index contributed by atoms with van der Waals surface area (Å²) in [5.74, 6) is 0.201. The molecule has 1 atom stereocenters. The predicted molar refractivity (Wildman–Crippen MR) is 80.5 cm³/mol. The summed E-state index contributed by atoms with van der Waals surface area (Å²) in [5, 5.41) is 0. The predicted octanol–water partition coefficient (Wildman–Crippen LogP) is 3.43. The van der Waals surface area contributed by atoms with Gasteiger partial charge in [0, 0.05) is 6.04 Å². The number of methoxy groups -OCH3 is 1. The van der Waals surface area contributed by atoms with E-state index >= 15 is 0 Å². The zero-order valence-electron chi connectivity index (χ0n) is 12.3. The Labute approximate surface area is 121 Å². The number of ether oxygens (including phenoxy) is 1. The lowest BCUT2D eigenvalue weighted by atomic mass is 9.80. The molecule has 0 aliphatic heterocycles. The molecule has 0 spiro atoms. The molecule has 0 saturated heterocycles. The number of carbonyl (C=O) groups is 1. The first-order valence-corrected chi connectivity index (χ1v) is 6.24. The summed E-state index contributed by atoms with van der Waals surface area (Å²) in [5.41, 5.74) is 7.67. The average Bonchev–Trinajstić information content (AvgIpc) is 2.36. The van der Waals surface area contributed by atoms with E-state index in [1.165, 1.54) is 12.7 Å². The highest BCUT2D eigenvalue weighted by molar-refractivity contribution is 5.85. The molecule has 0 heterocycles. The van der Waals surface area contributed by atoms with Gasteiger partial charge in [-0.3, -0.25) is 4.79 Å². The molecule has 0 bridgehead atoms. The fourth-order valence-electron chi connectivity index (χ4n) is 1.89. The second-order valence-electron chi connectivity index (χ2n) is 5.51. The van der Waals surface area contributed by atoms with Gasteiger partial charge in [-0.15, -0.1) is 12.4 Å². The number of rotatable bonds is 4. The molecule has 2 N–H and O–H groups in total. The molecule has 0 amide bonds. The molecule has 0 fully saturated rings. The Morgan fingerprint density at radius 2 is 1.58 bits per heavy atom. The Hall–Kier alpha value is -1.06. The molecule has 0 unspecified atom stereocenters. The second-order valence-corrected chi connectivity index (χ2v) is 5.51. The van der Waals surface area contributed by atoms with Gasteiger partial charge in [0.2, 0.25) is 0 Å².